The van der Waals surface area contributed by atoms with Gasteiger partial charge in [-0.25, -0.2) is 4.99 Å². The van der Waals surface area contributed by atoms with Crippen LogP contribution in [-0.2, 0) is 13.0 Å². The third-order valence-electron chi connectivity index (χ3n) is 3.30. The summed E-state index contributed by atoms with van der Waals surface area (Å²) in [7, 11) is 1.58. The van der Waals surface area contributed by atoms with E-state index in [-0.39, 0.29) is 29.7 Å². The molecule has 3 N–H and O–H groups in total. The Morgan fingerprint density at radius 1 is 1.29 bits per heavy atom. The topological polar surface area (TPSA) is 79.0 Å². The lowest BCUT2D eigenvalue weighted by molar-refractivity contribution is 0.406. The fourth-order valence-corrected chi connectivity index (χ4v) is 2.10. The maximum Gasteiger partial charge on any atom is 0.191 e. The van der Waals surface area contributed by atoms with Crippen molar-refractivity contribution in [1.29, 1.82) is 0 Å². The highest BCUT2D eigenvalue weighted by atomic mass is 127. The van der Waals surface area contributed by atoms with Crippen LogP contribution in [0, 0.1) is 0 Å². The second kappa shape index (κ2) is 10.8. The van der Waals surface area contributed by atoms with Crippen molar-refractivity contribution in [2.75, 3.05) is 20.2 Å². The van der Waals surface area contributed by atoms with Crippen LogP contribution in [0.5, 0.6) is 11.5 Å². The van der Waals surface area contributed by atoms with Gasteiger partial charge in [-0.05, 0) is 37.1 Å². The number of nitrogens with one attached hydrogen (secondary N) is 2. The summed E-state index contributed by atoms with van der Waals surface area (Å²) in [5, 5.41) is 16.4. The number of benzene rings is 1. The Labute approximate surface area is 159 Å². The van der Waals surface area contributed by atoms with Crippen LogP contribution in [0.15, 0.2) is 46.0 Å². The summed E-state index contributed by atoms with van der Waals surface area (Å²) in [4.78, 5) is 4.46. The molecular formula is C17H24IN3O3. The number of ether oxygens (including phenoxy) is 1. The van der Waals surface area contributed by atoms with E-state index >= 15 is 0 Å². The summed E-state index contributed by atoms with van der Waals surface area (Å²) >= 11 is 0. The van der Waals surface area contributed by atoms with Gasteiger partial charge in [0.2, 0.25) is 0 Å². The number of phenols is 1. The van der Waals surface area contributed by atoms with Gasteiger partial charge in [0.15, 0.2) is 5.96 Å². The van der Waals surface area contributed by atoms with Crippen molar-refractivity contribution in [3.63, 3.8) is 0 Å². The maximum absolute atomic E-state index is 9.95. The van der Waals surface area contributed by atoms with Crippen molar-refractivity contribution in [2.45, 2.75) is 19.9 Å². The van der Waals surface area contributed by atoms with Crippen molar-refractivity contribution in [2.24, 2.45) is 4.99 Å². The average molecular weight is 445 g/mol. The van der Waals surface area contributed by atoms with Gasteiger partial charge in [-0.2, -0.15) is 0 Å². The van der Waals surface area contributed by atoms with E-state index in [0.717, 1.165) is 23.8 Å². The molecule has 0 atom stereocenters. The predicted octanol–water partition coefficient (Wildman–Crippen LogP) is 2.91. The Morgan fingerprint density at radius 2 is 2.12 bits per heavy atom. The fraction of sp³-hybridized carbons (Fsp3) is 0.353. The van der Waals surface area contributed by atoms with Gasteiger partial charge in [-0.1, -0.05) is 6.07 Å². The molecule has 0 saturated carbocycles. The number of halogens is 1. The summed E-state index contributed by atoms with van der Waals surface area (Å²) in [5.74, 6) is 2.42. The van der Waals surface area contributed by atoms with Crippen LogP contribution in [-0.4, -0.2) is 31.3 Å². The predicted molar refractivity (Wildman–Crippen MR) is 105 cm³/mol. The third kappa shape index (κ3) is 6.31. The zero-order valence-electron chi connectivity index (χ0n) is 13.9. The van der Waals surface area contributed by atoms with E-state index in [1.807, 2.05) is 31.2 Å². The molecule has 0 amide bonds. The average Bonchev–Trinajstić information content (AvgIpc) is 3.07. The molecule has 2 rings (SSSR count). The molecule has 0 aliphatic heterocycles. The standard InChI is InChI=1S/C17H23N3O3.HI/c1-3-18-17(20-12-15-5-4-10-23-15)19-9-8-13-6-7-14(22-2)11-16(13)21;/h4-7,10-11,21H,3,8-9,12H2,1-2H3,(H2,18,19,20);1H. The Morgan fingerprint density at radius 3 is 2.75 bits per heavy atom. The maximum atomic E-state index is 9.95. The molecule has 0 spiro atoms. The van der Waals surface area contributed by atoms with E-state index in [9.17, 15) is 5.11 Å². The molecule has 0 aliphatic rings. The van der Waals surface area contributed by atoms with Crippen LogP contribution in [0.4, 0.5) is 0 Å². The lowest BCUT2D eigenvalue weighted by atomic mass is 10.1. The zero-order valence-corrected chi connectivity index (χ0v) is 16.2. The van der Waals surface area contributed by atoms with Crippen LogP contribution >= 0.6 is 24.0 Å². The molecule has 0 aliphatic carbocycles. The van der Waals surface area contributed by atoms with Crippen LogP contribution in [0.25, 0.3) is 0 Å². The summed E-state index contributed by atoms with van der Waals surface area (Å²) in [6, 6.07) is 9.06. The third-order valence-corrected chi connectivity index (χ3v) is 3.30. The van der Waals surface area contributed by atoms with Gasteiger partial charge in [-0.15, -0.1) is 24.0 Å². The summed E-state index contributed by atoms with van der Waals surface area (Å²) in [6.45, 7) is 3.93. The first kappa shape index (κ1) is 20.1. The molecule has 0 radical (unpaired) electrons. The van der Waals surface area contributed by atoms with Gasteiger partial charge >= 0.3 is 0 Å². The van der Waals surface area contributed by atoms with Gasteiger partial charge in [0.25, 0.3) is 0 Å². The molecule has 7 heteroatoms. The van der Waals surface area contributed by atoms with Gasteiger partial charge in [0.1, 0.15) is 23.8 Å². The van der Waals surface area contributed by atoms with Gasteiger partial charge in [0, 0.05) is 19.2 Å². The number of rotatable bonds is 7. The zero-order chi connectivity index (χ0) is 16.5. The van der Waals surface area contributed by atoms with E-state index < -0.39 is 0 Å². The first-order valence-corrected chi connectivity index (χ1v) is 7.63. The Kier molecular flexibility index (Phi) is 9.06. The molecule has 0 unspecified atom stereocenters. The number of nitrogens with zero attached hydrogens (tertiary/aromatic N) is 1. The Hall–Kier alpha value is -1.90. The van der Waals surface area contributed by atoms with E-state index in [1.54, 1.807) is 19.4 Å². The minimum Gasteiger partial charge on any atom is -0.508 e. The van der Waals surface area contributed by atoms with Crippen molar-refractivity contribution in [3.05, 3.63) is 47.9 Å². The number of aromatic hydroxyl groups is 1. The number of phenolic OH excluding ortho intramolecular Hbond substituents is 1. The summed E-state index contributed by atoms with van der Waals surface area (Å²) in [6.07, 6.45) is 2.32. The number of hydrogen-bond donors (Lipinski definition) is 3. The van der Waals surface area contributed by atoms with Gasteiger partial charge in [-0.3, -0.25) is 0 Å². The number of furan rings is 1. The molecule has 24 heavy (non-hydrogen) atoms. The van der Waals surface area contributed by atoms with E-state index in [1.165, 1.54) is 0 Å². The van der Waals surface area contributed by atoms with Crippen LogP contribution in [0.2, 0.25) is 0 Å². The molecule has 2 aromatic rings. The number of hydrogen-bond acceptors (Lipinski definition) is 4. The van der Waals surface area contributed by atoms with E-state index in [4.69, 9.17) is 9.15 Å². The van der Waals surface area contributed by atoms with Crippen molar-refractivity contribution < 1.29 is 14.3 Å². The normalized spacial score (nSPS) is 10.8. The quantitative estimate of drug-likeness (QED) is 0.347. The second-order valence-electron chi connectivity index (χ2n) is 4.95. The van der Waals surface area contributed by atoms with Gasteiger partial charge < -0.3 is 24.9 Å². The fourth-order valence-electron chi connectivity index (χ4n) is 2.10. The van der Waals surface area contributed by atoms with Crippen molar-refractivity contribution in [3.8, 4) is 11.5 Å². The SMILES string of the molecule is CCNC(=NCc1ccco1)NCCc1ccc(OC)cc1O.I. The van der Waals surface area contributed by atoms with Crippen LogP contribution < -0.4 is 15.4 Å². The first-order valence-electron chi connectivity index (χ1n) is 7.63. The van der Waals surface area contributed by atoms with E-state index in [2.05, 4.69) is 15.6 Å². The highest BCUT2D eigenvalue weighted by Crippen LogP contribution is 2.23. The number of aliphatic imine (C=N–C) groups is 1. The van der Waals surface area contributed by atoms with Crippen molar-refractivity contribution in [1.82, 2.24) is 10.6 Å². The molecule has 0 saturated heterocycles. The molecule has 1 heterocycles. The monoisotopic (exact) mass is 445 g/mol. The largest absolute Gasteiger partial charge is 0.508 e. The molecule has 1 aromatic carbocycles. The van der Waals surface area contributed by atoms with Crippen molar-refractivity contribution >= 4 is 29.9 Å². The molecule has 6 nitrogen and oxygen atoms in total. The smallest absolute Gasteiger partial charge is 0.191 e. The second-order valence-corrected chi connectivity index (χ2v) is 4.95. The first-order chi connectivity index (χ1) is 11.2. The molecule has 0 fully saturated rings. The highest BCUT2D eigenvalue weighted by molar-refractivity contribution is 14.0. The van der Waals surface area contributed by atoms with Crippen LogP contribution in [0.3, 0.4) is 0 Å². The summed E-state index contributed by atoms with van der Waals surface area (Å²) in [5.41, 5.74) is 0.861. The minimum atomic E-state index is 0. The number of guanidine groups is 1. The summed E-state index contributed by atoms with van der Waals surface area (Å²) < 4.78 is 10.3. The minimum absolute atomic E-state index is 0. The molecule has 0 bridgehead atoms. The Bertz CT molecular complexity index is 630. The highest BCUT2D eigenvalue weighted by Gasteiger charge is 2.04. The number of methoxy groups -OCH3 is 1. The molecular weight excluding hydrogens is 421 g/mol. The van der Waals surface area contributed by atoms with E-state index in [0.29, 0.717) is 25.3 Å². The van der Waals surface area contributed by atoms with Gasteiger partial charge in [0.05, 0.1) is 13.4 Å². The molecule has 1 aromatic heterocycles. The Balaban J connectivity index is 0.00000288. The molecule has 132 valence electrons. The van der Waals surface area contributed by atoms with Crippen LogP contribution in [0.1, 0.15) is 18.2 Å². The lowest BCUT2D eigenvalue weighted by Gasteiger charge is -2.12. The lowest BCUT2D eigenvalue weighted by Crippen LogP contribution is -2.38.